The van der Waals surface area contributed by atoms with Crippen LogP contribution >= 0.6 is 11.8 Å². The Morgan fingerprint density at radius 1 is 1.07 bits per heavy atom. The zero-order chi connectivity index (χ0) is 20.4. The van der Waals surface area contributed by atoms with Gasteiger partial charge in [0.15, 0.2) is 6.54 Å². The third kappa shape index (κ3) is 4.50. The molecule has 0 spiro atoms. The molecule has 4 nitrogen and oxygen atoms in total. The molecule has 0 bridgehead atoms. The Morgan fingerprint density at radius 3 is 2.40 bits per heavy atom. The van der Waals surface area contributed by atoms with E-state index in [1.807, 2.05) is 29.2 Å². The van der Waals surface area contributed by atoms with Crippen molar-refractivity contribution in [2.45, 2.75) is 42.1 Å². The molecule has 0 aromatic heterocycles. The van der Waals surface area contributed by atoms with Crippen LogP contribution in [0, 0.1) is 0 Å². The van der Waals surface area contributed by atoms with Gasteiger partial charge < -0.3 is 26.8 Å². The highest BCUT2D eigenvalue weighted by Gasteiger charge is 2.54. The van der Waals surface area contributed by atoms with Crippen molar-refractivity contribution in [2.24, 2.45) is 0 Å². The first kappa shape index (κ1) is 23.0. The second-order valence-electron chi connectivity index (χ2n) is 7.40. The molecule has 1 N–H and O–H groups in total. The summed E-state index contributed by atoms with van der Waals surface area (Å²) in [7, 11) is 1.63. The van der Waals surface area contributed by atoms with Crippen molar-refractivity contribution in [1.29, 1.82) is 0 Å². The minimum absolute atomic E-state index is 0. The Kier molecular flexibility index (Phi) is 7.42. The average Bonchev–Trinajstić information content (AvgIpc) is 2.84. The topological polar surface area (TPSA) is 35.7 Å². The van der Waals surface area contributed by atoms with Crippen LogP contribution in [0.3, 0.4) is 0 Å². The highest BCUT2D eigenvalue weighted by Crippen LogP contribution is 2.39. The van der Waals surface area contributed by atoms with Crippen molar-refractivity contribution in [3.63, 3.8) is 0 Å². The molecule has 0 radical (unpaired) electrons. The minimum atomic E-state index is -2.46. The zero-order valence-corrected chi connectivity index (χ0v) is 19.1. The summed E-state index contributed by atoms with van der Waals surface area (Å²) in [6.07, 6.45) is 4.25. The highest BCUT2D eigenvalue weighted by molar-refractivity contribution is 7.99. The summed E-state index contributed by atoms with van der Waals surface area (Å²) in [5.74, 6) is -0.590. The summed E-state index contributed by atoms with van der Waals surface area (Å²) in [4.78, 5) is 2.50. The van der Waals surface area contributed by atoms with Gasteiger partial charge in [0.05, 0.1) is 13.7 Å². The molecule has 0 aliphatic carbocycles. The molecule has 0 amide bonds. The van der Waals surface area contributed by atoms with Gasteiger partial charge in [0, 0.05) is 16.9 Å². The van der Waals surface area contributed by atoms with Crippen molar-refractivity contribution < 1.29 is 40.2 Å². The van der Waals surface area contributed by atoms with Gasteiger partial charge in [0.2, 0.25) is 0 Å². The molecular formula is C22H25BrF2N2O2S. The van der Waals surface area contributed by atoms with Crippen LogP contribution in [0.4, 0.5) is 14.5 Å². The van der Waals surface area contributed by atoms with Gasteiger partial charge in [0.25, 0.3) is 17.3 Å². The van der Waals surface area contributed by atoms with Gasteiger partial charge in [-0.25, -0.2) is 0 Å². The molecule has 1 unspecified atom stereocenters. The van der Waals surface area contributed by atoms with Gasteiger partial charge in [-0.05, 0) is 55.7 Å². The van der Waals surface area contributed by atoms with Crippen LogP contribution in [0.15, 0.2) is 53.4 Å². The van der Waals surface area contributed by atoms with Crippen molar-refractivity contribution in [3.8, 4) is 5.75 Å². The monoisotopic (exact) mass is 498 g/mol. The number of anilines is 1. The molecule has 2 heterocycles. The summed E-state index contributed by atoms with van der Waals surface area (Å²) < 4.78 is 32.9. The Hall–Kier alpha value is -1.64. The van der Waals surface area contributed by atoms with Crippen molar-refractivity contribution in [1.82, 2.24) is 0 Å². The number of nitrogens with zero attached hydrogens (tertiary/aromatic N) is 2. The number of ether oxygens (including phenoxy) is 1. The maximum atomic E-state index is 12.7. The fraction of sp³-hybridized carbons (Fsp3) is 0.409. The molecule has 8 heteroatoms. The third-order valence-corrected chi connectivity index (χ3v) is 6.33. The van der Waals surface area contributed by atoms with Gasteiger partial charge in [0.1, 0.15) is 11.4 Å². The first-order chi connectivity index (χ1) is 14.0. The quantitative estimate of drug-likeness (QED) is 0.502. The molecular weight excluding hydrogens is 474 g/mol. The number of halogens is 3. The predicted octanol–water partition coefficient (Wildman–Crippen LogP) is 1.66. The number of thioether (sulfide) groups is 1. The van der Waals surface area contributed by atoms with Crippen LogP contribution in [-0.2, 0) is 5.72 Å². The first-order valence-corrected chi connectivity index (χ1v) is 10.7. The highest BCUT2D eigenvalue weighted by atomic mass is 79.9. The van der Waals surface area contributed by atoms with Crippen molar-refractivity contribution >= 4 is 23.3 Å². The molecule has 0 saturated carbocycles. The van der Waals surface area contributed by atoms with E-state index >= 15 is 0 Å². The normalized spacial score (nSPS) is 21.3. The summed E-state index contributed by atoms with van der Waals surface area (Å²) in [6, 6.07) is 14.5. The lowest BCUT2D eigenvalue weighted by Gasteiger charge is -2.29. The molecule has 4 rings (SSSR count). The molecule has 2 aromatic carbocycles. The summed E-state index contributed by atoms with van der Waals surface area (Å²) >= 11 is 0.515. The number of alkyl halides is 2. The standard InChI is InChI=1S/C22H25F2N2O2S.BrH/c1-28-18-10-8-17(9-11-18)26-20-5-3-2-4-14-25(20)15-22(26,27)16-6-12-19(13-7-16)29-21(23)24;/h6-13,21,27H,2-5,14-15H2,1H3;1H/q+1;/p-1. The molecule has 2 aliphatic heterocycles. The van der Waals surface area contributed by atoms with E-state index in [-0.39, 0.29) is 17.0 Å². The third-order valence-electron chi connectivity index (χ3n) is 5.61. The zero-order valence-electron chi connectivity index (χ0n) is 16.7. The Balaban J connectivity index is 0.00000256. The van der Waals surface area contributed by atoms with E-state index in [0.717, 1.165) is 43.1 Å². The van der Waals surface area contributed by atoms with Gasteiger partial charge in [-0.15, -0.1) is 0 Å². The molecule has 0 fully saturated rings. The number of benzene rings is 2. The number of methoxy groups -OCH3 is 1. The number of hydrogen-bond donors (Lipinski definition) is 1. The lowest BCUT2D eigenvalue weighted by molar-refractivity contribution is -0.534. The second kappa shape index (κ2) is 9.66. The molecule has 30 heavy (non-hydrogen) atoms. The molecule has 0 saturated heterocycles. The number of hydrogen-bond acceptors (Lipinski definition) is 4. The number of rotatable bonds is 5. The van der Waals surface area contributed by atoms with E-state index in [1.54, 1.807) is 31.4 Å². The van der Waals surface area contributed by atoms with Crippen LogP contribution < -0.4 is 26.6 Å². The smallest absolute Gasteiger partial charge is 0.288 e. The van der Waals surface area contributed by atoms with Gasteiger partial charge >= 0.3 is 0 Å². The van der Waals surface area contributed by atoms with Crippen LogP contribution in [0.5, 0.6) is 5.75 Å². The fourth-order valence-corrected chi connectivity index (χ4v) is 4.74. The largest absolute Gasteiger partial charge is 1.00 e. The van der Waals surface area contributed by atoms with E-state index in [2.05, 4.69) is 4.58 Å². The average molecular weight is 499 g/mol. The van der Waals surface area contributed by atoms with E-state index in [0.29, 0.717) is 28.8 Å². The van der Waals surface area contributed by atoms with E-state index in [9.17, 15) is 13.9 Å². The fourth-order valence-electron chi connectivity index (χ4n) is 4.24. The molecule has 2 aliphatic rings. The Labute approximate surface area is 190 Å². The second-order valence-corrected chi connectivity index (χ2v) is 8.46. The van der Waals surface area contributed by atoms with Crippen molar-refractivity contribution in [2.75, 3.05) is 25.1 Å². The SMILES string of the molecule is COc1ccc(N2C3=[N+](CCCCC3)CC2(O)c2ccc(SC(F)F)cc2)cc1.[Br-]. The summed E-state index contributed by atoms with van der Waals surface area (Å²) in [6.45, 7) is 1.36. The molecule has 162 valence electrons. The van der Waals surface area contributed by atoms with Crippen LogP contribution in [0.2, 0.25) is 0 Å². The number of amidine groups is 1. The first-order valence-electron chi connectivity index (χ1n) is 9.84. The Bertz CT molecular complexity index is 893. The van der Waals surface area contributed by atoms with Crippen LogP contribution in [0.1, 0.15) is 31.2 Å². The molecule has 2 aromatic rings. The Morgan fingerprint density at radius 2 is 1.77 bits per heavy atom. The summed E-state index contributed by atoms with van der Waals surface area (Å²) in [5, 5.41) is 11.9. The lowest BCUT2D eigenvalue weighted by Crippen LogP contribution is -3.00. The van der Waals surface area contributed by atoms with E-state index in [1.165, 1.54) is 6.42 Å². The summed E-state index contributed by atoms with van der Waals surface area (Å²) in [5.41, 5.74) is 0.334. The maximum absolute atomic E-state index is 12.7. The van der Waals surface area contributed by atoms with Gasteiger partial charge in [-0.3, -0.25) is 4.58 Å². The van der Waals surface area contributed by atoms with E-state index < -0.39 is 11.5 Å². The van der Waals surface area contributed by atoms with E-state index in [4.69, 9.17) is 4.74 Å². The van der Waals surface area contributed by atoms with Crippen molar-refractivity contribution in [3.05, 3.63) is 54.1 Å². The minimum Gasteiger partial charge on any atom is -1.00 e. The predicted molar refractivity (Wildman–Crippen MR) is 111 cm³/mol. The maximum Gasteiger partial charge on any atom is 0.288 e. The van der Waals surface area contributed by atoms with Gasteiger partial charge in [-0.2, -0.15) is 13.7 Å². The lowest BCUT2D eigenvalue weighted by atomic mass is 10.00. The van der Waals surface area contributed by atoms with Crippen LogP contribution in [-0.4, -0.2) is 41.5 Å². The number of aliphatic hydroxyl groups is 1. The molecule has 1 atom stereocenters. The van der Waals surface area contributed by atoms with Crippen LogP contribution in [0.25, 0.3) is 0 Å². The van der Waals surface area contributed by atoms with Gasteiger partial charge in [-0.1, -0.05) is 23.9 Å².